The van der Waals surface area contributed by atoms with Crippen LogP contribution in [0.15, 0.2) is 83.1 Å². The molecule has 0 radical (unpaired) electrons. The number of hydrogen-bond donors (Lipinski definition) is 8. The number of carbonyl (C=O) groups is 2. The van der Waals surface area contributed by atoms with Gasteiger partial charge in [-0.25, -0.2) is 9.59 Å². The van der Waals surface area contributed by atoms with Gasteiger partial charge in [0.15, 0.2) is 6.29 Å². The summed E-state index contributed by atoms with van der Waals surface area (Å²) in [5.41, 5.74) is 2.43. The summed E-state index contributed by atoms with van der Waals surface area (Å²) in [7, 11) is 0. The molecule has 1 saturated heterocycles. The van der Waals surface area contributed by atoms with Gasteiger partial charge in [-0.1, -0.05) is 71.9 Å². The Hall–Kier alpha value is -3.28. The van der Waals surface area contributed by atoms with Crippen molar-refractivity contribution in [3.05, 3.63) is 83.1 Å². The predicted octanol–water partition coefficient (Wildman–Crippen LogP) is 0.400. The number of ether oxygens (including phenoxy) is 4. The summed E-state index contributed by atoms with van der Waals surface area (Å²) in [5, 5.41) is 80.9. The number of hydrogen-bond acceptors (Lipinski definition) is 14. The van der Waals surface area contributed by atoms with Crippen molar-refractivity contribution in [2.75, 3.05) is 19.8 Å². The first kappa shape index (κ1) is 42.9. The summed E-state index contributed by atoms with van der Waals surface area (Å²) in [5.74, 6) is -1.92. The van der Waals surface area contributed by atoms with Crippen LogP contribution in [0.25, 0.3) is 0 Å². The van der Waals surface area contributed by atoms with Crippen molar-refractivity contribution < 1.29 is 69.4 Å². The van der Waals surface area contributed by atoms with Crippen molar-refractivity contribution in [1.82, 2.24) is 0 Å². The molecule has 0 amide bonds. The highest BCUT2D eigenvalue weighted by Gasteiger charge is 2.48. The van der Waals surface area contributed by atoms with E-state index in [1.807, 2.05) is 44.2 Å². The molecule has 14 heteroatoms. The van der Waals surface area contributed by atoms with E-state index in [9.17, 15) is 45.3 Å². The van der Waals surface area contributed by atoms with Crippen molar-refractivity contribution in [3.8, 4) is 0 Å². The fourth-order valence-corrected chi connectivity index (χ4v) is 4.76. The van der Waals surface area contributed by atoms with Gasteiger partial charge in [-0.05, 0) is 52.9 Å². The van der Waals surface area contributed by atoms with Crippen molar-refractivity contribution in [2.45, 2.75) is 96.3 Å². The predicted molar refractivity (Wildman–Crippen MR) is 181 cm³/mol. The summed E-state index contributed by atoms with van der Waals surface area (Å²) in [6.07, 6.45) is 2.17. The third-order valence-corrected chi connectivity index (χ3v) is 8.12. The second kappa shape index (κ2) is 21.2. The van der Waals surface area contributed by atoms with Crippen molar-refractivity contribution in [1.29, 1.82) is 0 Å². The van der Waals surface area contributed by atoms with E-state index in [2.05, 4.69) is 0 Å². The molecule has 0 aromatic heterocycles. The van der Waals surface area contributed by atoms with Crippen LogP contribution in [0.4, 0.5) is 0 Å². The highest BCUT2D eigenvalue weighted by molar-refractivity contribution is 5.88. The van der Waals surface area contributed by atoms with Crippen LogP contribution in [-0.4, -0.2) is 128 Å². The van der Waals surface area contributed by atoms with Crippen LogP contribution in [0.3, 0.4) is 0 Å². The molecule has 1 saturated carbocycles. The number of rotatable bonds is 18. The van der Waals surface area contributed by atoms with Crippen LogP contribution in [0.1, 0.15) is 41.0 Å². The maximum absolute atomic E-state index is 12.7. The highest BCUT2D eigenvalue weighted by atomic mass is 16.7. The third-order valence-electron chi connectivity index (χ3n) is 8.12. The smallest absolute Gasteiger partial charge is 0.336 e. The standard InChI is InChI=1S/C36H52O14/c1-6-47-33(44)22(4)15-9-13-20(2)11-7-8-12-21(3)14-10-16-23(5)34(45)50-36-32(43)30(41)28(39)26(49-36)19-48-35(46)31(42)29(40)27(38)25-17-24(25)18-37/h7-16,24-32,35-43,46H,6,17-19H2,1-5H3/b8-7+,13-9+,14-10+,20-11+,21-12+,22-15+,23-16+/t24?,25?,26?,27-,28-,29?,30?,31?,32?,35+,36+/m1/s1. The molecule has 0 aromatic carbocycles. The van der Waals surface area contributed by atoms with Gasteiger partial charge in [0.1, 0.15) is 36.6 Å². The molecular formula is C36H52O14. The van der Waals surface area contributed by atoms with Crippen LogP contribution in [0.2, 0.25) is 0 Å². The van der Waals surface area contributed by atoms with Crippen LogP contribution in [0.5, 0.6) is 0 Å². The van der Waals surface area contributed by atoms with E-state index in [-0.39, 0.29) is 24.1 Å². The quantitative estimate of drug-likeness (QED) is 0.0417. The third kappa shape index (κ3) is 13.5. The molecule has 2 rings (SSSR count). The summed E-state index contributed by atoms with van der Waals surface area (Å²) >= 11 is 0. The van der Waals surface area contributed by atoms with Crippen LogP contribution in [-0.2, 0) is 28.5 Å². The van der Waals surface area contributed by atoms with Crippen LogP contribution in [0, 0.1) is 11.8 Å². The zero-order valence-electron chi connectivity index (χ0n) is 29.0. The number of carbonyl (C=O) groups excluding carboxylic acids is 2. The first-order chi connectivity index (χ1) is 23.6. The summed E-state index contributed by atoms with van der Waals surface area (Å²) < 4.78 is 20.7. The fourth-order valence-electron chi connectivity index (χ4n) is 4.76. The molecule has 1 heterocycles. The Balaban J connectivity index is 1.90. The summed E-state index contributed by atoms with van der Waals surface area (Å²) in [6, 6.07) is 0. The lowest BCUT2D eigenvalue weighted by Gasteiger charge is -2.40. The van der Waals surface area contributed by atoms with E-state index in [1.165, 1.54) is 13.0 Å². The first-order valence-electron chi connectivity index (χ1n) is 16.4. The summed E-state index contributed by atoms with van der Waals surface area (Å²) in [6.45, 7) is 8.10. The zero-order chi connectivity index (χ0) is 37.5. The Morgan fingerprint density at radius 2 is 1.34 bits per heavy atom. The van der Waals surface area contributed by atoms with E-state index >= 15 is 0 Å². The van der Waals surface area contributed by atoms with E-state index in [0.717, 1.165) is 11.1 Å². The molecule has 14 nitrogen and oxygen atoms in total. The Morgan fingerprint density at radius 1 is 0.780 bits per heavy atom. The van der Waals surface area contributed by atoms with Gasteiger partial charge in [-0.15, -0.1) is 0 Å². The monoisotopic (exact) mass is 708 g/mol. The Labute approximate surface area is 292 Å². The molecule has 0 aromatic rings. The molecule has 0 spiro atoms. The molecule has 0 bridgehead atoms. The number of aliphatic hydroxyl groups is 8. The van der Waals surface area contributed by atoms with Gasteiger partial charge in [0.25, 0.3) is 0 Å². The minimum Gasteiger partial charge on any atom is -0.463 e. The van der Waals surface area contributed by atoms with E-state index in [1.54, 1.807) is 38.2 Å². The molecule has 50 heavy (non-hydrogen) atoms. The number of esters is 2. The Morgan fingerprint density at radius 3 is 1.86 bits per heavy atom. The molecule has 11 atom stereocenters. The van der Waals surface area contributed by atoms with Gasteiger partial charge in [0, 0.05) is 17.8 Å². The first-order valence-corrected chi connectivity index (χ1v) is 16.4. The SMILES string of the molecule is CCOC(=O)/C(C)=C/C=C/C(C)=C/C=C/C=C(C)/C=C/C=C(\C)C(=O)O[C@@H]1OC(CO[C@H](O)C(O)C(O)[C@H](O)C2CC2CO)[C@@H](O)C(O)C1O. The molecule has 7 unspecified atom stereocenters. The average molecular weight is 709 g/mol. The van der Waals surface area contributed by atoms with Crippen LogP contribution >= 0.6 is 0 Å². The van der Waals surface area contributed by atoms with Gasteiger partial charge in [-0.2, -0.15) is 0 Å². The maximum Gasteiger partial charge on any atom is 0.336 e. The molecule has 1 aliphatic carbocycles. The van der Waals surface area contributed by atoms with Gasteiger partial charge < -0.3 is 59.8 Å². The Bertz CT molecular complexity index is 1330. The maximum atomic E-state index is 12.7. The van der Waals surface area contributed by atoms with Gasteiger partial charge in [0.05, 0.1) is 19.3 Å². The molecular weight excluding hydrogens is 656 g/mol. The van der Waals surface area contributed by atoms with Crippen molar-refractivity contribution in [2.24, 2.45) is 11.8 Å². The average Bonchev–Trinajstić information content (AvgIpc) is 3.88. The van der Waals surface area contributed by atoms with Crippen molar-refractivity contribution >= 4 is 11.9 Å². The molecule has 280 valence electrons. The summed E-state index contributed by atoms with van der Waals surface area (Å²) in [4.78, 5) is 24.3. The highest BCUT2D eigenvalue weighted by Crippen LogP contribution is 2.42. The second-order valence-electron chi connectivity index (χ2n) is 12.3. The minimum atomic E-state index is -2.04. The van der Waals surface area contributed by atoms with Gasteiger partial charge in [-0.3, -0.25) is 0 Å². The lowest BCUT2D eigenvalue weighted by Crippen LogP contribution is -2.60. The largest absolute Gasteiger partial charge is 0.463 e. The van der Waals surface area contributed by atoms with E-state index < -0.39 is 73.8 Å². The van der Waals surface area contributed by atoms with E-state index in [4.69, 9.17) is 24.1 Å². The Kier molecular flexibility index (Phi) is 18.2. The molecule has 8 N–H and O–H groups in total. The fraction of sp³-hybridized carbons (Fsp3) is 0.556. The van der Waals surface area contributed by atoms with Crippen LogP contribution < -0.4 is 0 Å². The number of allylic oxidation sites excluding steroid dienone is 12. The number of aliphatic hydroxyl groups excluding tert-OH is 8. The molecule has 2 aliphatic rings. The topological polar surface area (TPSA) is 233 Å². The van der Waals surface area contributed by atoms with Gasteiger partial charge >= 0.3 is 11.9 Å². The zero-order valence-corrected chi connectivity index (χ0v) is 29.0. The minimum absolute atomic E-state index is 0.122. The van der Waals surface area contributed by atoms with Gasteiger partial charge in [0.2, 0.25) is 6.29 Å². The normalized spacial score (nSPS) is 29.3. The lowest BCUT2D eigenvalue weighted by atomic mass is 9.99. The molecule has 1 aliphatic heterocycles. The van der Waals surface area contributed by atoms with Crippen molar-refractivity contribution in [3.63, 3.8) is 0 Å². The molecule has 2 fully saturated rings. The lowest BCUT2D eigenvalue weighted by molar-refractivity contribution is -0.303. The van der Waals surface area contributed by atoms with E-state index in [0.29, 0.717) is 18.6 Å². The second-order valence-corrected chi connectivity index (χ2v) is 12.3.